The van der Waals surface area contributed by atoms with Crippen molar-refractivity contribution in [2.45, 2.75) is 32.4 Å². The number of nitrogens with one attached hydrogen (secondary N) is 1. The van der Waals surface area contributed by atoms with Crippen LogP contribution in [0.2, 0.25) is 0 Å². The van der Waals surface area contributed by atoms with Crippen LogP contribution in [0.4, 0.5) is 5.69 Å². The van der Waals surface area contributed by atoms with Gasteiger partial charge in [-0.25, -0.2) is 0 Å². The lowest BCUT2D eigenvalue weighted by Crippen LogP contribution is -2.47. The topological polar surface area (TPSA) is 108 Å². The maximum absolute atomic E-state index is 11.9. The maximum Gasteiger partial charge on any atom is 0.323 e. The molecule has 23 heavy (non-hydrogen) atoms. The largest absolute Gasteiger partial charge is 0.468 e. The Morgan fingerprint density at radius 1 is 1.26 bits per heavy atom. The summed E-state index contributed by atoms with van der Waals surface area (Å²) in [6.07, 6.45) is 0.231. The van der Waals surface area contributed by atoms with E-state index in [0.29, 0.717) is 5.56 Å². The monoisotopic (exact) mass is 324 g/mol. The second-order valence-corrected chi connectivity index (χ2v) is 4.84. The summed E-state index contributed by atoms with van der Waals surface area (Å²) in [5, 5.41) is 13.5. The minimum Gasteiger partial charge on any atom is -0.468 e. The number of methoxy groups -OCH3 is 1. The van der Waals surface area contributed by atoms with E-state index in [2.05, 4.69) is 5.32 Å². The number of nitro groups is 1. The van der Waals surface area contributed by atoms with Crippen LogP contribution in [0.1, 0.15) is 19.4 Å². The Kier molecular flexibility index (Phi) is 7.14. The van der Waals surface area contributed by atoms with Gasteiger partial charge in [-0.1, -0.05) is 12.1 Å². The van der Waals surface area contributed by atoms with Crippen molar-refractivity contribution in [3.63, 3.8) is 0 Å². The number of carbonyl (C=O) groups excluding carboxylic acids is 2. The van der Waals surface area contributed by atoms with Crippen molar-refractivity contribution >= 4 is 17.6 Å². The molecular weight excluding hydrogens is 304 g/mol. The Balaban J connectivity index is 2.80. The van der Waals surface area contributed by atoms with E-state index in [1.54, 1.807) is 26.0 Å². The van der Waals surface area contributed by atoms with Gasteiger partial charge in [-0.15, -0.1) is 0 Å². The predicted molar refractivity (Wildman–Crippen MR) is 81.8 cm³/mol. The number of benzene rings is 1. The van der Waals surface area contributed by atoms with E-state index < -0.39 is 28.9 Å². The van der Waals surface area contributed by atoms with Gasteiger partial charge >= 0.3 is 11.9 Å². The van der Waals surface area contributed by atoms with Crippen LogP contribution in [0.15, 0.2) is 24.3 Å². The van der Waals surface area contributed by atoms with Gasteiger partial charge in [0.05, 0.1) is 18.6 Å². The van der Waals surface area contributed by atoms with Crippen LogP contribution in [0, 0.1) is 10.1 Å². The number of non-ortho nitro benzene ring substituents is 1. The van der Waals surface area contributed by atoms with Gasteiger partial charge in [-0.05, 0) is 25.8 Å². The molecular formula is C15H20N2O6. The summed E-state index contributed by atoms with van der Waals surface area (Å²) in [6, 6.07) is 4.39. The summed E-state index contributed by atoms with van der Waals surface area (Å²) in [5.74, 6) is -0.996. The van der Waals surface area contributed by atoms with Crippen LogP contribution in [0.25, 0.3) is 0 Å². The molecule has 2 atom stereocenters. The van der Waals surface area contributed by atoms with E-state index >= 15 is 0 Å². The fourth-order valence-electron chi connectivity index (χ4n) is 1.98. The van der Waals surface area contributed by atoms with Crippen molar-refractivity contribution in [1.29, 1.82) is 0 Å². The summed E-state index contributed by atoms with van der Waals surface area (Å²) in [4.78, 5) is 33.7. The molecule has 126 valence electrons. The first kappa shape index (κ1) is 18.6. The molecule has 0 spiro atoms. The van der Waals surface area contributed by atoms with Crippen molar-refractivity contribution in [3.05, 3.63) is 39.9 Å². The van der Waals surface area contributed by atoms with Gasteiger partial charge in [-0.3, -0.25) is 25.0 Å². The molecule has 0 aliphatic rings. The van der Waals surface area contributed by atoms with Crippen molar-refractivity contribution < 1.29 is 24.0 Å². The van der Waals surface area contributed by atoms with Crippen LogP contribution in [0.5, 0.6) is 0 Å². The first-order valence-electron chi connectivity index (χ1n) is 7.12. The predicted octanol–water partition coefficient (Wildman–Crippen LogP) is 1.22. The average Bonchev–Trinajstić information content (AvgIpc) is 2.54. The van der Waals surface area contributed by atoms with Crippen LogP contribution in [-0.4, -0.2) is 42.7 Å². The lowest BCUT2D eigenvalue weighted by Gasteiger charge is -2.20. The number of rotatable bonds is 8. The van der Waals surface area contributed by atoms with Gasteiger partial charge in [0.25, 0.3) is 5.69 Å². The normalized spacial score (nSPS) is 13.0. The third kappa shape index (κ3) is 5.67. The van der Waals surface area contributed by atoms with Crippen LogP contribution >= 0.6 is 0 Å². The quantitative estimate of drug-likeness (QED) is 0.435. The van der Waals surface area contributed by atoms with Gasteiger partial charge in [0, 0.05) is 12.1 Å². The maximum atomic E-state index is 11.9. The first-order valence-corrected chi connectivity index (χ1v) is 7.12. The average molecular weight is 324 g/mol. The molecule has 0 bridgehead atoms. The van der Waals surface area contributed by atoms with Gasteiger partial charge in [-0.2, -0.15) is 0 Å². The molecule has 1 aromatic carbocycles. The molecule has 1 N–H and O–H groups in total. The number of hydrogen-bond acceptors (Lipinski definition) is 7. The summed E-state index contributed by atoms with van der Waals surface area (Å²) >= 11 is 0. The first-order chi connectivity index (χ1) is 10.9. The zero-order valence-corrected chi connectivity index (χ0v) is 13.3. The Bertz CT molecular complexity index is 558. The molecule has 0 aromatic heterocycles. The summed E-state index contributed by atoms with van der Waals surface area (Å²) in [6.45, 7) is 3.53. The van der Waals surface area contributed by atoms with Crippen LogP contribution in [-0.2, 0) is 25.5 Å². The van der Waals surface area contributed by atoms with E-state index in [1.165, 1.54) is 19.2 Å². The second kappa shape index (κ2) is 8.84. The molecule has 0 heterocycles. The summed E-state index contributed by atoms with van der Waals surface area (Å²) in [7, 11) is 1.25. The Hall–Kier alpha value is -2.48. The SMILES string of the molecule is CCOC(=O)C(C)N[C@H](Cc1ccc([N+](=O)[O-])cc1)C(=O)OC. The molecule has 1 aromatic rings. The molecule has 8 nitrogen and oxygen atoms in total. The molecule has 0 radical (unpaired) electrons. The van der Waals surface area contributed by atoms with Crippen LogP contribution in [0.3, 0.4) is 0 Å². The lowest BCUT2D eigenvalue weighted by atomic mass is 10.0. The Labute approximate surface area is 133 Å². The zero-order valence-electron chi connectivity index (χ0n) is 13.3. The molecule has 0 saturated carbocycles. The van der Waals surface area contributed by atoms with E-state index in [0.717, 1.165) is 0 Å². The zero-order chi connectivity index (χ0) is 17.4. The van der Waals surface area contributed by atoms with E-state index in [-0.39, 0.29) is 18.7 Å². The highest BCUT2D eigenvalue weighted by Gasteiger charge is 2.25. The fourth-order valence-corrected chi connectivity index (χ4v) is 1.98. The van der Waals surface area contributed by atoms with Crippen molar-refractivity contribution in [3.8, 4) is 0 Å². The van der Waals surface area contributed by atoms with Crippen molar-refractivity contribution in [2.75, 3.05) is 13.7 Å². The number of carbonyl (C=O) groups is 2. The lowest BCUT2D eigenvalue weighted by molar-refractivity contribution is -0.384. The number of esters is 2. The summed E-state index contributed by atoms with van der Waals surface area (Å²) in [5.41, 5.74) is 0.672. The molecule has 0 saturated heterocycles. The molecule has 1 rings (SSSR count). The third-order valence-electron chi connectivity index (χ3n) is 3.16. The molecule has 8 heteroatoms. The van der Waals surface area contributed by atoms with Gasteiger partial charge < -0.3 is 9.47 Å². The fraction of sp³-hybridized carbons (Fsp3) is 0.467. The number of ether oxygens (including phenoxy) is 2. The Morgan fingerprint density at radius 2 is 1.87 bits per heavy atom. The minimum atomic E-state index is -0.763. The third-order valence-corrected chi connectivity index (χ3v) is 3.16. The minimum absolute atomic E-state index is 0.0313. The number of nitro benzene ring substituents is 1. The molecule has 0 fully saturated rings. The van der Waals surface area contributed by atoms with E-state index in [1.807, 2.05) is 0 Å². The van der Waals surface area contributed by atoms with Crippen molar-refractivity contribution in [1.82, 2.24) is 5.32 Å². The summed E-state index contributed by atoms with van der Waals surface area (Å²) < 4.78 is 9.61. The molecule has 0 aliphatic heterocycles. The highest BCUT2D eigenvalue weighted by molar-refractivity contribution is 5.79. The highest BCUT2D eigenvalue weighted by atomic mass is 16.6. The molecule has 1 unspecified atom stereocenters. The van der Waals surface area contributed by atoms with Gasteiger partial charge in [0.2, 0.25) is 0 Å². The molecule has 0 amide bonds. The van der Waals surface area contributed by atoms with Crippen molar-refractivity contribution in [2.24, 2.45) is 0 Å². The van der Waals surface area contributed by atoms with E-state index in [9.17, 15) is 19.7 Å². The van der Waals surface area contributed by atoms with Gasteiger partial charge in [0.15, 0.2) is 0 Å². The second-order valence-electron chi connectivity index (χ2n) is 4.84. The highest BCUT2D eigenvalue weighted by Crippen LogP contribution is 2.14. The van der Waals surface area contributed by atoms with Gasteiger partial charge in [0.1, 0.15) is 12.1 Å². The standard InChI is InChI=1S/C15H20N2O6/c1-4-23-14(18)10(2)16-13(15(19)22-3)9-11-5-7-12(8-6-11)17(20)21/h5-8,10,13,16H,4,9H2,1-3H3/t10?,13-/m1/s1. The smallest absolute Gasteiger partial charge is 0.323 e. The van der Waals surface area contributed by atoms with Crippen LogP contribution < -0.4 is 5.32 Å². The number of hydrogen-bond donors (Lipinski definition) is 1. The Morgan fingerprint density at radius 3 is 2.35 bits per heavy atom. The van der Waals surface area contributed by atoms with E-state index in [4.69, 9.17) is 9.47 Å². The number of nitrogens with zero attached hydrogens (tertiary/aromatic N) is 1. The molecule has 0 aliphatic carbocycles.